The highest BCUT2D eigenvalue weighted by Gasteiger charge is 2.56. The average molecular weight is 698 g/mol. The Hall–Kier alpha value is -2.49. The standard InChI is InChI=1S/C22H34N2O.C21H29N3O2/c1-3-8-19(9-4-1)10-14-24-16-20-21(17-24)22(20)18-25-15-7-13-23-11-5-2-6-12-23;1-4-9-23(10-5-1)11-6-12-25-15-19-17-13-24(14-18(17)19)21-16-7-2-3-8-20(16)26-22-21/h1,3-4,8-9,20-22H,2,5-7,10-18H2;2-3,7-8,17-19H,1,4-6,9-15H2/t20-,21+,22+;17-,18+,19?. The van der Waals surface area contributed by atoms with E-state index < -0.39 is 0 Å². The first-order valence-electron chi connectivity index (χ1n) is 20.8. The number of para-hydroxylation sites is 1. The monoisotopic (exact) mass is 697 g/mol. The smallest absolute Gasteiger partial charge is 0.179 e. The van der Waals surface area contributed by atoms with E-state index in [0.29, 0.717) is 0 Å². The largest absolute Gasteiger partial charge is 0.381 e. The summed E-state index contributed by atoms with van der Waals surface area (Å²) < 4.78 is 17.5. The van der Waals surface area contributed by atoms with Crippen LogP contribution in [0.25, 0.3) is 11.0 Å². The Morgan fingerprint density at radius 2 is 1.14 bits per heavy atom. The summed E-state index contributed by atoms with van der Waals surface area (Å²) in [5.41, 5.74) is 2.35. The Labute approximate surface area is 306 Å². The molecule has 6 fully saturated rings. The second-order valence-electron chi connectivity index (χ2n) is 16.5. The Bertz CT molecular complexity index is 1450. The van der Waals surface area contributed by atoms with Gasteiger partial charge in [0, 0.05) is 59.0 Å². The summed E-state index contributed by atoms with van der Waals surface area (Å²) in [6.45, 7) is 17.5. The molecular weight excluding hydrogens is 635 g/mol. The van der Waals surface area contributed by atoms with Crippen LogP contribution in [-0.2, 0) is 15.9 Å². The van der Waals surface area contributed by atoms with E-state index in [0.717, 1.165) is 91.8 Å². The fourth-order valence-corrected chi connectivity index (χ4v) is 9.85. The predicted octanol–water partition coefficient (Wildman–Crippen LogP) is 6.70. The zero-order valence-electron chi connectivity index (χ0n) is 31.1. The molecule has 0 spiro atoms. The predicted molar refractivity (Wildman–Crippen MR) is 205 cm³/mol. The van der Waals surface area contributed by atoms with Crippen molar-refractivity contribution in [1.29, 1.82) is 0 Å². The van der Waals surface area contributed by atoms with Gasteiger partial charge in [0.05, 0.1) is 18.6 Å². The number of anilines is 1. The van der Waals surface area contributed by atoms with E-state index in [1.807, 2.05) is 12.1 Å². The third-order valence-electron chi connectivity index (χ3n) is 13.1. The van der Waals surface area contributed by atoms with Crippen LogP contribution >= 0.6 is 0 Å². The number of aromatic nitrogens is 1. The lowest BCUT2D eigenvalue weighted by Crippen LogP contribution is -2.31. The zero-order chi connectivity index (χ0) is 34.2. The molecule has 2 saturated carbocycles. The molecule has 6 atom stereocenters. The molecule has 6 aliphatic rings. The van der Waals surface area contributed by atoms with Crippen molar-refractivity contribution in [3.8, 4) is 0 Å². The SMILES string of the molecule is c1ccc(CCN2C[C@@H]3[C@@H](COCCCN4CCCCC4)[C@@H]3C2)cc1.c1ccc2c(N3C[C@@H]4C(COCCCN5CCCCC5)[C@@H]4C3)noc2c1. The van der Waals surface area contributed by atoms with Gasteiger partial charge in [0.25, 0.3) is 0 Å². The first-order valence-corrected chi connectivity index (χ1v) is 20.8. The molecule has 4 saturated heterocycles. The molecule has 5 heterocycles. The van der Waals surface area contributed by atoms with Gasteiger partial charge in [0.15, 0.2) is 11.4 Å². The van der Waals surface area contributed by atoms with Crippen molar-refractivity contribution < 1.29 is 14.0 Å². The fourth-order valence-electron chi connectivity index (χ4n) is 9.85. The molecule has 0 N–H and O–H groups in total. The molecule has 8 heteroatoms. The van der Waals surface area contributed by atoms with Crippen molar-refractivity contribution in [3.63, 3.8) is 0 Å². The number of fused-ring (bicyclic) bond motifs is 3. The molecule has 3 aromatic rings. The number of hydrogen-bond donors (Lipinski definition) is 0. The molecule has 2 aliphatic carbocycles. The van der Waals surface area contributed by atoms with Gasteiger partial charge in [0.2, 0.25) is 0 Å². The van der Waals surface area contributed by atoms with E-state index >= 15 is 0 Å². The Kier molecular flexibility index (Phi) is 12.2. The lowest BCUT2D eigenvalue weighted by Gasteiger charge is -2.26. The van der Waals surface area contributed by atoms with Crippen molar-refractivity contribution in [3.05, 3.63) is 60.2 Å². The van der Waals surface area contributed by atoms with Crippen LogP contribution in [0, 0.1) is 35.5 Å². The quantitative estimate of drug-likeness (QED) is 0.153. The van der Waals surface area contributed by atoms with Gasteiger partial charge in [-0.1, -0.05) is 60.5 Å². The van der Waals surface area contributed by atoms with Crippen LogP contribution in [-0.4, -0.2) is 118 Å². The molecule has 0 radical (unpaired) electrons. The highest BCUT2D eigenvalue weighted by Crippen LogP contribution is 2.53. The molecule has 9 rings (SSSR count). The third-order valence-corrected chi connectivity index (χ3v) is 13.1. The average Bonchev–Trinajstić information content (AvgIpc) is 3.67. The van der Waals surface area contributed by atoms with Gasteiger partial charge in [-0.05, 0) is 124 Å². The molecule has 2 aromatic carbocycles. The third kappa shape index (κ3) is 9.36. The van der Waals surface area contributed by atoms with Gasteiger partial charge in [-0.3, -0.25) is 0 Å². The molecule has 1 aromatic heterocycles. The second kappa shape index (κ2) is 17.6. The maximum Gasteiger partial charge on any atom is 0.179 e. The molecule has 51 heavy (non-hydrogen) atoms. The van der Waals surface area contributed by atoms with Crippen molar-refractivity contribution in [2.75, 3.05) is 103 Å². The Morgan fingerprint density at radius 1 is 0.588 bits per heavy atom. The van der Waals surface area contributed by atoms with Crippen LogP contribution in [0.5, 0.6) is 0 Å². The zero-order valence-corrected chi connectivity index (χ0v) is 31.1. The van der Waals surface area contributed by atoms with Crippen LogP contribution in [0.2, 0.25) is 0 Å². The maximum atomic E-state index is 6.00. The van der Waals surface area contributed by atoms with E-state index in [4.69, 9.17) is 14.0 Å². The highest BCUT2D eigenvalue weighted by atomic mass is 16.5. The summed E-state index contributed by atoms with van der Waals surface area (Å²) in [4.78, 5) is 10.3. The van der Waals surface area contributed by atoms with Crippen molar-refractivity contribution in [2.24, 2.45) is 35.5 Å². The van der Waals surface area contributed by atoms with Crippen molar-refractivity contribution in [2.45, 2.75) is 57.8 Å². The van der Waals surface area contributed by atoms with Gasteiger partial charge in [0.1, 0.15) is 0 Å². The topological polar surface area (TPSA) is 57.5 Å². The highest BCUT2D eigenvalue weighted by molar-refractivity contribution is 5.88. The van der Waals surface area contributed by atoms with Crippen LogP contribution < -0.4 is 4.90 Å². The van der Waals surface area contributed by atoms with E-state index in [2.05, 4.69) is 67.2 Å². The van der Waals surface area contributed by atoms with Gasteiger partial charge in [-0.2, -0.15) is 0 Å². The summed E-state index contributed by atoms with van der Waals surface area (Å²) in [5.74, 6) is 6.08. The van der Waals surface area contributed by atoms with Crippen molar-refractivity contribution >= 4 is 16.8 Å². The van der Waals surface area contributed by atoms with Gasteiger partial charge in [-0.25, -0.2) is 0 Å². The summed E-state index contributed by atoms with van der Waals surface area (Å²) >= 11 is 0. The minimum absolute atomic E-state index is 0.763. The minimum atomic E-state index is 0.763. The Morgan fingerprint density at radius 3 is 1.75 bits per heavy atom. The Balaban J connectivity index is 0.000000147. The number of likely N-dealkylation sites (tertiary alicyclic amines) is 3. The second-order valence-corrected chi connectivity index (χ2v) is 16.5. The molecule has 0 bridgehead atoms. The number of ether oxygens (including phenoxy) is 2. The van der Waals surface area contributed by atoms with Crippen molar-refractivity contribution in [1.82, 2.24) is 19.9 Å². The lowest BCUT2D eigenvalue weighted by molar-refractivity contribution is 0.0972. The van der Waals surface area contributed by atoms with Gasteiger partial charge in [-0.15, -0.1) is 0 Å². The van der Waals surface area contributed by atoms with Gasteiger partial charge < -0.3 is 33.6 Å². The van der Waals surface area contributed by atoms with E-state index in [1.54, 1.807) is 0 Å². The van der Waals surface area contributed by atoms with Crippen LogP contribution in [0.15, 0.2) is 59.1 Å². The fraction of sp³-hybridized carbons (Fsp3) is 0.698. The summed E-state index contributed by atoms with van der Waals surface area (Å²) in [5, 5.41) is 5.44. The molecule has 0 amide bonds. The van der Waals surface area contributed by atoms with Crippen LogP contribution in [0.3, 0.4) is 0 Å². The van der Waals surface area contributed by atoms with Gasteiger partial charge >= 0.3 is 0 Å². The summed E-state index contributed by atoms with van der Waals surface area (Å²) in [6.07, 6.45) is 12.0. The first kappa shape index (κ1) is 35.5. The number of nitrogens with zero attached hydrogens (tertiary/aromatic N) is 5. The molecule has 1 unspecified atom stereocenters. The molecule has 278 valence electrons. The number of hydrogen-bond acceptors (Lipinski definition) is 8. The first-order chi connectivity index (χ1) is 25.3. The summed E-state index contributed by atoms with van der Waals surface area (Å²) in [7, 11) is 0. The van der Waals surface area contributed by atoms with E-state index in [-0.39, 0.29) is 0 Å². The number of benzene rings is 2. The molecule has 8 nitrogen and oxygen atoms in total. The lowest BCUT2D eigenvalue weighted by atomic mass is 10.1. The van der Waals surface area contributed by atoms with Crippen LogP contribution in [0.4, 0.5) is 5.82 Å². The van der Waals surface area contributed by atoms with Crippen LogP contribution in [0.1, 0.15) is 56.9 Å². The molecule has 4 aliphatic heterocycles. The summed E-state index contributed by atoms with van der Waals surface area (Å²) in [6, 6.07) is 19.0. The van der Waals surface area contributed by atoms with E-state index in [9.17, 15) is 0 Å². The van der Waals surface area contributed by atoms with E-state index in [1.165, 1.54) is 122 Å². The molecular formula is C43H63N5O3. The number of rotatable bonds is 16. The normalized spacial score (nSPS) is 29.1. The maximum absolute atomic E-state index is 6.00. The number of piperidine rings is 4. The minimum Gasteiger partial charge on any atom is -0.381 e.